The number of hydrogen-bond donors (Lipinski definition) is 1. The molecule has 1 aromatic rings. The lowest BCUT2D eigenvalue weighted by Gasteiger charge is -2.44. The van der Waals surface area contributed by atoms with Crippen molar-refractivity contribution in [2.24, 2.45) is 0 Å². The molecule has 1 aliphatic heterocycles. The van der Waals surface area contributed by atoms with Gasteiger partial charge in [-0.3, -0.25) is 0 Å². The topological polar surface area (TPSA) is 50.3 Å². The third-order valence-corrected chi connectivity index (χ3v) is 4.46. The number of nitrogens with one attached hydrogen (secondary N) is 1. The zero-order chi connectivity index (χ0) is 14.7. The van der Waals surface area contributed by atoms with Crippen LogP contribution in [-0.4, -0.2) is 41.8 Å². The Bertz CT molecular complexity index is 477. The van der Waals surface area contributed by atoms with Gasteiger partial charge >= 0.3 is 0 Å². The van der Waals surface area contributed by atoms with Crippen LogP contribution in [0.25, 0.3) is 0 Å². The molecule has 0 amide bonds. The van der Waals surface area contributed by atoms with Gasteiger partial charge in [-0.25, -0.2) is 9.97 Å². The Balaban J connectivity index is 1.88. The minimum atomic E-state index is 0.384. The van der Waals surface area contributed by atoms with E-state index < -0.39 is 0 Å². The molecule has 2 heterocycles. The summed E-state index contributed by atoms with van der Waals surface area (Å²) in [5, 5.41) is 3.32. The highest BCUT2D eigenvalue weighted by molar-refractivity contribution is 5.50. The summed E-state index contributed by atoms with van der Waals surface area (Å²) in [6, 6.07) is 2.58. The van der Waals surface area contributed by atoms with Crippen molar-refractivity contribution < 1.29 is 4.74 Å². The van der Waals surface area contributed by atoms with Gasteiger partial charge in [0.25, 0.3) is 0 Å². The van der Waals surface area contributed by atoms with Crippen molar-refractivity contribution in [2.75, 3.05) is 29.9 Å². The first-order valence-corrected chi connectivity index (χ1v) is 8.32. The number of hydrogen-bond acceptors (Lipinski definition) is 5. The maximum atomic E-state index is 5.97. The first-order chi connectivity index (χ1) is 10.3. The lowest BCUT2D eigenvalue weighted by molar-refractivity contribution is -0.00900. The van der Waals surface area contributed by atoms with E-state index in [4.69, 9.17) is 9.72 Å². The normalized spacial score (nSPS) is 25.5. The summed E-state index contributed by atoms with van der Waals surface area (Å²) in [5.74, 6) is 2.93. The third-order valence-electron chi connectivity index (χ3n) is 4.46. The molecule has 0 bridgehead atoms. The Morgan fingerprint density at radius 1 is 1.29 bits per heavy atom. The number of nitrogens with zero attached hydrogens (tertiary/aromatic N) is 3. The van der Waals surface area contributed by atoms with Gasteiger partial charge in [0.2, 0.25) is 0 Å². The molecule has 3 rings (SSSR count). The summed E-state index contributed by atoms with van der Waals surface area (Å²) >= 11 is 0. The highest BCUT2D eigenvalue weighted by Crippen LogP contribution is 2.31. The number of fused-ring (bicyclic) bond motifs is 1. The minimum Gasteiger partial charge on any atom is -0.374 e. The molecule has 2 aliphatic rings. The van der Waals surface area contributed by atoms with Crippen LogP contribution in [0.3, 0.4) is 0 Å². The lowest BCUT2D eigenvalue weighted by atomic mass is 9.90. The van der Waals surface area contributed by atoms with Gasteiger partial charge < -0.3 is 15.0 Å². The Labute approximate surface area is 127 Å². The van der Waals surface area contributed by atoms with Crippen molar-refractivity contribution in [3.8, 4) is 0 Å². The molecule has 116 valence electrons. The van der Waals surface area contributed by atoms with Crippen LogP contribution in [0, 0.1) is 0 Å². The molecule has 0 radical (unpaired) electrons. The average molecular weight is 290 g/mol. The highest BCUT2D eigenvalue weighted by atomic mass is 16.5. The standard InChI is InChI=1S/C16H26N4O/c1-3-14-18-15(17-4-2)11-16(19-14)20-9-10-21-13-8-6-5-7-12(13)20/h11-13H,3-10H2,1-2H3,(H,17,18,19). The number of ether oxygens (including phenoxy) is 1. The molecule has 2 unspecified atom stereocenters. The third kappa shape index (κ3) is 3.12. The number of aryl methyl sites for hydroxylation is 1. The fourth-order valence-electron chi connectivity index (χ4n) is 3.44. The minimum absolute atomic E-state index is 0.384. The SMILES string of the molecule is CCNc1cc(N2CCOC3CCCCC32)nc(CC)n1. The molecule has 21 heavy (non-hydrogen) atoms. The highest BCUT2D eigenvalue weighted by Gasteiger charge is 2.35. The smallest absolute Gasteiger partial charge is 0.134 e. The van der Waals surface area contributed by atoms with Gasteiger partial charge in [0.05, 0.1) is 18.8 Å². The molecule has 1 aromatic heterocycles. The van der Waals surface area contributed by atoms with E-state index in [2.05, 4.69) is 35.1 Å². The Kier molecular flexibility index (Phi) is 4.58. The van der Waals surface area contributed by atoms with E-state index in [0.29, 0.717) is 12.1 Å². The number of morpholine rings is 1. The van der Waals surface area contributed by atoms with Gasteiger partial charge in [-0.05, 0) is 19.8 Å². The quantitative estimate of drug-likeness (QED) is 0.924. The summed E-state index contributed by atoms with van der Waals surface area (Å²) in [4.78, 5) is 11.8. The molecular weight excluding hydrogens is 264 g/mol. The Morgan fingerprint density at radius 2 is 2.14 bits per heavy atom. The van der Waals surface area contributed by atoms with E-state index in [1.165, 1.54) is 25.7 Å². The predicted octanol–water partition coefficient (Wildman–Crippen LogP) is 2.62. The van der Waals surface area contributed by atoms with Gasteiger partial charge in [-0.2, -0.15) is 0 Å². The summed E-state index contributed by atoms with van der Waals surface area (Å²) in [5.41, 5.74) is 0. The Hall–Kier alpha value is -1.36. The van der Waals surface area contributed by atoms with E-state index >= 15 is 0 Å². The molecule has 1 N–H and O–H groups in total. The van der Waals surface area contributed by atoms with E-state index in [0.717, 1.165) is 43.6 Å². The Morgan fingerprint density at radius 3 is 2.95 bits per heavy atom. The molecule has 5 heteroatoms. The van der Waals surface area contributed by atoms with Gasteiger partial charge in [0.1, 0.15) is 17.5 Å². The zero-order valence-corrected chi connectivity index (χ0v) is 13.1. The van der Waals surface area contributed by atoms with Crippen molar-refractivity contribution in [1.29, 1.82) is 0 Å². The van der Waals surface area contributed by atoms with Crippen molar-refractivity contribution in [3.05, 3.63) is 11.9 Å². The van der Waals surface area contributed by atoms with Crippen LogP contribution in [0.1, 0.15) is 45.4 Å². The number of anilines is 2. The van der Waals surface area contributed by atoms with Crippen LogP contribution < -0.4 is 10.2 Å². The van der Waals surface area contributed by atoms with Crippen LogP contribution in [0.5, 0.6) is 0 Å². The van der Waals surface area contributed by atoms with Crippen molar-refractivity contribution >= 4 is 11.6 Å². The van der Waals surface area contributed by atoms with Crippen LogP contribution >= 0.6 is 0 Å². The second-order valence-corrected chi connectivity index (χ2v) is 5.87. The summed E-state index contributed by atoms with van der Waals surface area (Å²) in [6.07, 6.45) is 6.24. The summed E-state index contributed by atoms with van der Waals surface area (Å²) < 4.78 is 5.97. The molecule has 5 nitrogen and oxygen atoms in total. The van der Waals surface area contributed by atoms with Crippen molar-refractivity contribution in [3.63, 3.8) is 0 Å². The molecule has 0 spiro atoms. The van der Waals surface area contributed by atoms with Crippen LogP contribution in [0.4, 0.5) is 11.6 Å². The summed E-state index contributed by atoms with van der Waals surface area (Å²) in [7, 11) is 0. The number of aromatic nitrogens is 2. The molecule has 2 atom stereocenters. The molecule has 0 aromatic carbocycles. The van der Waals surface area contributed by atoms with E-state index in [-0.39, 0.29) is 0 Å². The fourth-order valence-corrected chi connectivity index (χ4v) is 3.44. The molecule has 1 saturated carbocycles. The zero-order valence-electron chi connectivity index (χ0n) is 13.1. The average Bonchev–Trinajstić information content (AvgIpc) is 2.54. The maximum absolute atomic E-state index is 5.97. The van der Waals surface area contributed by atoms with Crippen molar-refractivity contribution in [2.45, 2.75) is 58.1 Å². The maximum Gasteiger partial charge on any atom is 0.134 e. The lowest BCUT2D eigenvalue weighted by Crippen LogP contribution is -2.53. The van der Waals surface area contributed by atoms with Gasteiger partial charge in [-0.1, -0.05) is 19.8 Å². The molecule has 1 aliphatic carbocycles. The van der Waals surface area contributed by atoms with E-state index in [1.807, 2.05) is 0 Å². The van der Waals surface area contributed by atoms with Crippen molar-refractivity contribution in [1.82, 2.24) is 9.97 Å². The second kappa shape index (κ2) is 6.60. The molecule has 2 fully saturated rings. The van der Waals surface area contributed by atoms with Crippen LogP contribution in [0.15, 0.2) is 6.07 Å². The molecular formula is C16H26N4O. The van der Waals surface area contributed by atoms with Gasteiger partial charge in [0, 0.05) is 25.6 Å². The van der Waals surface area contributed by atoms with Gasteiger partial charge in [-0.15, -0.1) is 0 Å². The second-order valence-electron chi connectivity index (χ2n) is 5.87. The summed E-state index contributed by atoms with van der Waals surface area (Å²) in [6.45, 7) is 6.84. The largest absolute Gasteiger partial charge is 0.374 e. The number of rotatable bonds is 4. The first-order valence-electron chi connectivity index (χ1n) is 8.32. The molecule has 1 saturated heterocycles. The van der Waals surface area contributed by atoms with Gasteiger partial charge in [0.15, 0.2) is 0 Å². The first kappa shape index (κ1) is 14.6. The van der Waals surface area contributed by atoms with E-state index in [9.17, 15) is 0 Å². The van der Waals surface area contributed by atoms with Crippen LogP contribution in [0.2, 0.25) is 0 Å². The van der Waals surface area contributed by atoms with E-state index in [1.54, 1.807) is 0 Å². The fraction of sp³-hybridized carbons (Fsp3) is 0.750. The van der Waals surface area contributed by atoms with Crippen LogP contribution in [-0.2, 0) is 11.2 Å². The monoisotopic (exact) mass is 290 g/mol. The predicted molar refractivity (Wildman–Crippen MR) is 84.9 cm³/mol.